The number of hydrogen-bond acceptors (Lipinski definition) is 4. The number of phenolic OH excluding ortho intramolecular Hbond substituents is 1. The Hall–Kier alpha value is -2.01. The van der Waals surface area contributed by atoms with Crippen LogP contribution in [-0.2, 0) is 5.41 Å². The van der Waals surface area contributed by atoms with Crippen molar-refractivity contribution in [3.8, 4) is 16.9 Å². The summed E-state index contributed by atoms with van der Waals surface area (Å²) in [7, 11) is 0. The molecule has 1 nitrogen and oxygen atoms in total. The second-order valence-electron chi connectivity index (χ2n) is 12.6. The molecule has 0 unspecified atom stereocenters. The molecular formula is C34H36OS3. The van der Waals surface area contributed by atoms with Crippen LogP contribution < -0.4 is 0 Å². The lowest BCUT2D eigenvalue weighted by molar-refractivity contribution is 0.0644. The van der Waals surface area contributed by atoms with Crippen LogP contribution in [-0.4, -0.2) is 17.6 Å². The number of aromatic hydroxyl groups is 1. The van der Waals surface area contributed by atoms with E-state index in [4.69, 9.17) is 0 Å². The Morgan fingerprint density at radius 3 is 2.00 bits per heavy atom. The Bertz CT molecular complexity index is 1540. The predicted molar refractivity (Wildman–Crippen MR) is 167 cm³/mol. The Morgan fingerprint density at radius 1 is 0.658 bits per heavy atom. The zero-order valence-corrected chi connectivity index (χ0v) is 25.6. The van der Waals surface area contributed by atoms with Crippen molar-refractivity contribution in [3.05, 3.63) is 77.9 Å². The van der Waals surface area contributed by atoms with E-state index < -0.39 is 0 Å². The highest BCUT2D eigenvalue weighted by atomic mass is 32.2. The average Bonchev–Trinajstić information content (AvgIpc) is 3.10. The quantitative estimate of drug-likeness (QED) is 0.252. The van der Waals surface area contributed by atoms with E-state index >= 15 is 0 Å². The van der Waals surface area contributed by atoms with Gasteiger partial charge in [-0.15, -0.1) is 23.5 Å². The number of rotatable bonds is 4. The monoisotopic (exact) mass is 556 g/mol. The first-order valence-corrected chi connectivity index (χ1v) is 16.6. The second kappa shape index (κ2) is 9.28. The average molecular weight is 557 g/mol. The van der Waals surface area contributed by atoms with Crippen LogP contribution >= 0.6 is 35.3 Å². The first-order valence-electron chi connectivity index (χ1n) is 13.4. The zero-order chi connectivity index (χ0) is 26.9. The number of thioether (sulfide) groups is 2. The van der Waals surface area contributed by atoms with E-state index in [-0.39, 0.29) is 16.2 Å². The largest absolute Gasteiger partial charge is 0.507 e. The summed E-state index contributed by atoms with van der Waals surface area (Å²) in [5, 5.41) is 13.7. The molecule has 0 heterocycles. The van der Waals surface area contributed by atoms with Crippen LogP contribution in [0.25, 0.3) is 21.9 Å². The molecule has 1 saturated carbocycles. The molecule has 1 fully saturated rings. The van der Waals surface area contributed by atoms with E-state index in [9.17, 15) is 5.11 Å². The molecule has 6 rings (SSSR count). The molecule has 38 heavy (non-hydrogen) atoms. The van der Waals surface area contributed by atoms with Gasteiger partial charge in [-0.2, -0.15) is 0 Å². The van der Waals surface area contributed by atoms with Gasteiger partial charge in [0.1, 0.15) is 5.75 Å². The van der Waals surface area contributed by atoms with E-state index in [1.165, 1.54) is 53.6 Å². The number of phenols is 1. The minimum Gasteiger partial charge on any atom is -0.507 e. The molecule has 2 aliphatic rings. The summed E-state index contributed by atoms with van der Waals surface area (Å²) in [6.07, 6.45) is 7.70. The number of fused-ring (bicyclic) bond motifs is 7. The Kier molecular flexibility index (Phi) is 6.41. The third kappa shape index (κ3) is 4.28. The lowest BCUT2D eigenvalue weighted by Gasteiger charge is -2.51. The van der Waals surface area contributed by atoms with E-state index in [1.54, 1.807) is 11.8 Å². The highest BCUT2D eigenvalue weighted by molar-refractivity contribution is 8.02. The van der Waals surface area contributed by atoms with Crippen LogP contribution in [0.15, 0.2) is 86.3 Å². The number of benzene rings is 4. The van der Waals surface area contributed by atoms with Gasteiger partial charge in [-0.25, -0.2) is 0 Å². The fraction of sp³-hybridized carbons (Fsp3) is 0.353. The maximum absolute atomic E-state index is 11.6. The molecule has 0 bridgehead atoms. The van der Waals surface area contributed by atoms with E-state index in [2.05, 4.69) is 107 Å². The standard InChI is InChI=1S/C34H36OS3/c1-32(2)18-33(3,4)20-34(19-32)26-14-22(36-5)12-13-23(26)31-25-16-30(38-21-10-8-7-9-11-21)29(37-6)15-24(25)28(35)17-27(31)34/h7-17,35H,18-20H2,1-6H3. The van der Waals surface area contributed by atoms with Crippen LogP contribution in [0.2, 0.25) is 0 Å². The fourth-order valence-corrected chi connectivity index (χ4v) is 10.0. The molecule has 0 atom stereocenters. The highest BCUT2D eigenvalue weighted by Gasteiger charge is 2.53. The molecule has 4 aromatic rings. The van der Waals surface area contributed by atoms with Crippen molar-refractivity contribution in [3.63, 3.8) is 0 Å². The van der Waals surface area contributed by atoms with Gasteiger partial charge >= 0.3 is 0 Å². The maximum Gasteiger partial charge on any atom is 0.123 e. The van der Waals surface area contributed by atoms with Gasteiger partial charge in [0.05, 0.1) is 0 Å². The fourth-order valence-electron chi connectivity index (χ4n) is 7.84. The SMILES string of the molecule is CSc1ccc2c(c1)C1(CC(C)(C)CC(C)(C)C1)c1cc(O)c3cc(SC)c(Sc4ccccc4)cc3c1-2. The Morgan fingerprint density at radius 2 is 1.34 bits per heavy atom. The predicted octanol–water partition coefficient (Wildman–Crippen LogP) is 10.6. The van der Waals surface area contributed by atoms with Gasteiger partial charge in [-0.3, -0.25) is 0 Å². The minimum atomic E-state index is -0.0990. The normalized spacial score (nSPS) is 18.5. The Balaban J connectivity index is 1.67. The van der Waals surface area contributed by atoms with Crippen molar-refractivity contribution >= 4 is 46.1 Å². The molecule has 1 spiro atoms. The van der Waals surface area contributed by atoms with Crippen LogP contribution in [0.4, 0.5) is 0 Å². The zero-order valence-electron chi connectivity index (χ0n) is 23.1. The van der Waals surface area contributed by atoms with Gasteiger partial charge < -0.3 is 5.11 Å². The third-order valence-corrected chi connectivity index (χ3v) is 11.1. The molecule has 4 aromatic carbocycles. The lowest BCUT2D eigenvalue weighted by atomic mass is 9.52. The summed E-state index contributed by atoms with van der Waals surface area (Å²) in [5.74, 6) is 0.406. The van der Waals surface area contributed by atoms with Crippen LogP contribution in [0.3, 0.4) is 0 Å². The summed E-state index contributed by atoms with van der Waals surface area (Å²) >= 11 is 5.38. The summed E-state index contributed by atoms with van der Waals surface area (Å²) < 4.78 is 0. The van der Waals surface area contributed by atoms with Crippen molar-refractivity contribution < 1.29 is 5.11 Å². The second-order valence-corrected chi connectivity index (χ2v) is 15.5. The highest BCUT2D eigenvalue weighted by Crippen LogP contribution is 2.65. The van der Waals surface area contributed by atoms with Gasteiger partial charge in [0, 0.05) is 30.4 Å². The first-order chi connectivity index (χ1) is 18.1. The van der Waals surface area contributed by atoms with Gasteiger partial charge in [-0.1, -0.05) is 63.7 Å². The molecule has 0 saturated heterocycles. The molecule has 0 radical (unpaired) electrons. The van der Waals surface area contributed by atoms with Gasteiger partial charge in [-0.05, 0) is 113 Å². The molecule has 0 aromatic heterocycles. The molecule has 0 aliphatic heterocycles. The van der Waals surface area contributed by atoms with Crippen molar-refractivity contribution in [2.45, 2.75) is 72.0 Å². The Labute approximate surface area is 240 Å². The van der Waals surface area contributed by atoms with Crippen molar-refractivity contribution in [2.75, 3.05) is 12.5 Å². The lowest BCUT2D eigenvalue weighted by Crippen LogP contribution is -2.43. The van der Waals surface area contributed by atoms with Crippen LogP contribution in [0, 0.1) is 10.8 Å². The topological polar surface area (TPSA) is 20.2 Å². The summed E-state index contributed by atoms with van der Waals surface area (Å²) in [5.41, 5.74) is 5.77. The number of hydrogen-bond donors (Lipinski definition) is 1. The first kappa shape index (κ1) is 26.2. The molecule has 196 valence electrons. The molecule has 0 amide bonds. The van der Waals surface area contributed by atoms with Crippen molar-refractivity contribution in [1.29, 1.82) is 0 Å². The maximum atomic E-state index is 11.6. The third-order valence-electron chi connectivity index (χ3n) is 8.42. The molecular weight excluding hydrogens is 521 g/mol. The summed E-state index contributed by atoms with van der Waals surface area (Å²) in [4.78, 5) is 5.00. The van der Waals surface area contributed by atoms with Crippen molar-refractivity contribution in [1.82, 2.24) is 0 Å². The minimum absolute atomic E-state index is 0.0990. The van der Waals surface area contributed by atoms with Crippen molar-refractivity contribution in [2.24, 2.45) is 10.8 Å². The van der Waals surface area contributed by atoms with Crippen LogP contribution in [0.1, 0.15) is 58.1 Å². The van der Waals surface area contributed by atoms with Gasteiger partial charge in [0.25, 0.3) is 0 Å². The van der Waals surface area contributed by atoms with Crippen LogP contribution in [0.5, 0.6) is 5.75 Å². The molecule has 4 heteroatoms. The molecule has 2 aliphatic carbocycles. The van der Waals surface area contributed by atoms with Gasteiger partial charge in [0.2, 0.25) is 0 Å². The van der Waals surface area contributed by atoms with E-state index in [0.29, 0.717) is 5.75 Å². The smallest absolute Gasteiger partial charge is 0.123 e. The van der Waals surface area contributed by atoms with E-state index in [1.807, 2.05) is 23.5 Å². The summed E-state index contributed by atoms with van der Waals surface area (Å²) in [6, 6.07) is 24.4. The van der Waals surface area contributed by atoms with E-state index in [0.717, 1.165) is 18.2 Å². The van der Waals surface area contributed by atoms with Gasteiger partial charge in [0.15, 0.2) is 0 Å². The molecule has 1 N–H and O–H groups in total. The summed E-state index contributed by atoms with van der Waals surface area (Å²) in [6.45, 7) is 9.75.